The van der Waals surface area contributed by atoms with Crippen molar-refractivity contribution in [1.82, 2.24) is 4.98 Å². The summed E-state index contributed by atoms with van der Waals surface area (Å²) in [5.41, 5.74) is 0.0368. The number of hydrogen-bond acceptors (Lipinski definition) is 5. The normalized spacial score (nSPS) is 15.7. The van der Waals surface area contributed by atoms with E-state index in [0.717, 1.165) is 25.3 Å². The second-order valence-corrected chi connectivity index (χ2v) is 5.47. The SMILES string of the molecule is CCCNc1ccc([N+](=O)[O-])c(NC(C)CC2CC2)n1. The van der Waals surface area contributed by atoms with E-state index in [0.29, 0.717) is 11.6 Å². The molecule has 0 aliphatic heterocycles. The largest absolute Gasteiger partial charge is 0.370 e. The van der Waals surface area contributed by atoms with E-state index in [2.05, 4.69) is 29.5 Å². The van der Waals surface area contributed by atoms with Crippen molar-refractivity contribution < 1.29 is 4.92 Å². The van der Waals surface area contributed by atoms with Gasteiger partial charge in [-0.2, -0.15) is 0 Å². The van der Waals surface area contributed by atoms with Crippen LogP contribution < -0.4 is 10.6 Å². The number of hydrogen-bond donors (Lipinski definition) is 2. The summed E-state index contributed by atoms with van der Waals surface area (Å²) in [5, 5.41) is 17.4. The van der Waals surface area contributed by atoms with Crippen LogP contribution in [0.1, 0.15) is 39.5 Å². The summed E-state index contributed by atoms with van der Waals surface area (Å²) in [7, 11) is 0. The molecule has 6 heteroatoms. The molecule has 1 aromatic heterocycles. The number of pyridine rings is 1. The predicted octanol–water partition coefficient (Wildman–Crippen LogP) is 3.41. The van der Waals surface area contributed by atoms with Crippen molar-refractivity contribution in [3.8, 4) is 0 Å². The molecule has 1 saturated carbocycles. The molecule has 0 saturated heterocycles. The molecule has 1 atom stereocenters. The maximum absolute atomic E-state index is 11.1. The lowest BCUT2D eigenvalue weighted by Crippen LogP contribution is -2.18. The van der Waals surface area contributed by atoms with Crippen LogP contribution in [0.15, 0.2) is 12.1 Å². The molecule has 110 valence electrons. The van der Waals surface area contributed by atoms with Gasteiger partial charge in [-0.05, 0) is 31.7 Å². The van der Waals surface area contributed by atoms with Crippen molar-refractivity contribution in [2.75, 3.05) is 17.2 Å². The zero-order valence-electron chi connectivity index (χ0n) is 12.1. The first-order valence-electron chi connectivity index (χ1n) is 7.26. The molecule has 0 radical (unpaired) electrons. The minimum absolute atomic E-state index is 0.0368. The molecule has 1 aliphatic rings. The monoisotopic (exact) mass is 278 g/mol. The summed E-state index contributed by atoms with van der Waals surface area (Å²) in [6, 6.07) is 3.37. The smallest absolute Gasteiger partial charge is 0.311 e. The maximum atomic E-state index is 11.1. The molecule has 0 spiro atoms. The van der Waals surface area contributed by atoms with E-state index in [1.807, 2.05) is 0 Å². The lowest BCUT2D eigenvalue weighted by Gasteiger charge is -2.15. The Bertz CT molecular complexity index is 474. The Morgan fingerprint density at radius 3 is 2.85 bits per heavy atom. The molecule has 0 amide bonds. The second-order valence-electron chi connectivity index (χ2n) is 5.47. The van der Waals surface area contributed by atoms with E-state index in [-0.39, 0.29) is 16.7 Å². The van der Waals surface area contributed by atoms with Crippen LogP contribution in [0.2, 0.25) is 0 Å². The number of anilines is 2. The van der Waals surface area contributed by atoms with Crippen LogP contribution in [0.3, 0.4) is 0 Å². The Morgan fingerprint density at radius 1 is 1.50 bits per heavy atom. The van der Waals surface area contributed by atoms with E-state index in [1.165, 1.54) is 18.9 Å². The quantitative estimate of drug-likeness (QED) is 0.562. The third-order valence-corrected chi connectivity index (χ3v) is 3.39. The van der Waals surface area contributed by atoms with Crippen LogP contribution in [0, 0.1) is 16.0 Å². The van der Waals surface area contributed by atoms with Gasteiger partial charge in [-0.3, -0.25) is 10.1 Å². The number of rotatable bonds is 8. The van der Waals surface area contributed by atoms with Crippen LogP contribution in [0.4, 0.5) is 17.3 Å². The zero-order valence-corrected chi connectivity index (χ0v) is 12.1. The van der Waals surface area contributed by atoms with E-state index >= 15 is 0 Å². The Balaban J connectivity index is 2.10. The Hall–Kier alpha value is -1.85. The molecule has 0 aromatic carbocycles. The van der Waals surface area contributed by atoms with Crippen molar-refractivity contribution in [1.29, 1.82) is 0 Å². The van der Waals surface area contributed by atoms with Crippen LogP contribution >= 0.6 is 0 Å². The van der Waals surface area contributed by atoms with Gasteiger partial charge >= 0.3 is 5.69 Å². The standard InChI is InChI=1S/C14H22N4O2/c1-3-8-15-13-7-6-12(18(19)20)14(17-13)16-10(2)9-11-4-5-11/h6-7,10-11H,3-5,8-9H2,1-2H3,(H2,15,16,17). The van der Waals surface area contributed by atoms with Gasteiger partial charge in [0.1, 0.15) is 5.82 Å². The number of aromatic nitrogens is 1. The highest BCUT2D eigenvalue weighted by Crippen LogP contribution is 2.34. The minimum Gasteiger partial charge on any atom is -0.370 e. The Labute approximate surface area is 119 Å². The predicted molar refractivity (Wildman–Crippen MR) is 80.1 cm³/mol. The van der Waals surface area contributed by atoms with Gasteiger partial charge in [0.2, 0.25) is 5.82 Å². The van der Waals surface area contributed by atoms with Gasteiger partial charge in [0.15, 0.2) is 0 Å². The molecule has 6 nitrogen and oxygen atoms in total. The summed E-state index contributed by atoms with van der Waals surface area (Å²) >= 11 is 0. The second kappa shape index (κ2) is 6.54. The molecule has 20 heavy (non-hydrogen) atoms. The average Bonchev–Trinajstić information content (AvgIpc) is 3.19. The highest BCUT2D eigenvalue weighted by Gasteiger charge is 2.25. The molecule has 1 aliphatic carbocycles. The van der Waals surface area contributed by atoms with Crippen molar-refractivity contribution in [3.05, 3.63) is 22.2 Å². The first-order chi connectivity index (χ1) is 9.60. The Kier molecular flexibility index (Phi) is 4.76. The van der Waals surface area contributed by atoms with Crippen molar-refractivity contribution in [2.24, 2.45) is 5.92 Å². The van der Waals surface area contributed by atoms with Gasteiger partial charge in [0, 0.05) is 18.7 Å². The summed E-state index contributed by atoms with van der Waals surface area (Å²) < 4.78 is 0. The van der Waals surface area contributed by atoms with Crippen LogP contribution in [-0.4, -0.2) is 22.5 Å². The summed E-state index contributed by atoms with van der Waals surface area (Å²) in [5.74, 6) is 1.82. The minimum atomic E-state index is -0.386. The van der Waals surface area contributed by atoms with Crippen molar-refractivity contribution >= 4 is 17.3 Å². The topological polar surface area (TPSA) is 80.1 Å². The third-order valence-electron chi connectivity index (χ3n) is 3.39. The molecule has 1 unspecified atom stereocenters. The summed E-state index contributed by atoms with van der Waals surface area (Å²) in [4.78, 5) is 15.0. The first kappa shape index (κ1) is 14.6. The molecule has 1 heterocycles. The van der Waals surface area contributed by atoms with Crippen molar-refractivity contribution in [2.45, 2.75) is 45.6 Å². The summed E-state index contributed by atoms with van der Waals surface area (Å²) in [6.45, 7) is 4.92. The molecular formula is C14H22N4O2. The van der Waals surface area contributed by atoms with Crippen LogP contribution in [0.25, 0.3) is 0 Å². The highest BCUT2D eigenvalue weighted by atomic mass is 16.6. The first-order valence-corrected chi connectivity index (χ1v) is 7.26. The number of nitrogens with one attached hydrogen (secondary N) is 2. The lowest BCUT2D eigenvalue weighted by molar-refractivity contribution is -0.384. The number of nitro groups is 1. The van der Waals surface area contributed by atoms with E-state index in [4.69, 9.17) is 0 Å². The zero-order chi connectivity index (χ0) is 14.5. The van der Waals surface area contributed by atoms with Gasteiger partial charge in [-0.1, -0.05) is 19.8 Å². The van der Waals surface area contributed by atoms with Crippen molar-refractivity contribution in [3.63, 3.8) is 0 Å². The van der Waals surface area contributed by atoms with E-state index < -0.39 is 0 Å². The molecule has 1 aromatic rings. The molecule has 2 N–H and O–H groups in total. The highest BCUT2D eigenvalue weighted by molar-refractivity contribution is 5.60. The molecular weight excluding hydrogens is 256 g/mol. The van der Waals surface area contributed by atoms with Gasteiger partial charge in [-0.25, -0.2) is 4.98 Å². The van der Waals surface area contributed by atoms with E-state index in [9.17, 15) is 10.1 Å². The van der Waals surface area contributed by atoms with Crippen LogP contribution in [-0.2, 0) is 0 Å². The maximum Gasteiger partial charge on any atom is 0.311 e. The number of nitrogens with zero attached hydrogens (tertiary/aromatic N) is 2. The Morgan fingerprint density at radius 2 is 2.25 bits per heavy atom. The fourth-order valence-corrected chi connectivity index (χ4v) is 2.20. The van der Waals surface area contributed by atoms with Gasteiger partial charge in [0.25, 0.3) is 0 Å². The lowest BCUT2D eigenvalue weighted by atomic mass is 10.1. The molecule has 2 rings (SSSR count). The van der Waals surface area contributed by atoms with E-state index in [1.54, 1.807) is 6.07 Å². The molecule has 1 fully saturated rings. The van der Waals surface area contributed by atoms with Gasteiger partial charge in [0.05, 0.1) is 4.92 Å². The fourth-order valence-electron chi connectivity index (χ4n) is 2.20. The summed E-state index contributed by atoms with van der Waals surface area (Å²) in [6.07, 6.45) is 4.59. The average molecular weight is 278 g/mol. The molecule has 0 bridgehead atoms. The van der Waals surface area contributed by atoms with Gasteiger partial charge in [-0.15, -0.1) is 0 Å². The van der Waals surface area contributed by atoms with Crippen LogP contribution in [0.5, 0.6) is 0 Å². The van der Waals surface area contributed by atoms with Gasteiger partial charge < -0.3 is 10.6 Å². The third kappa shape index (κ3) is 4.08. The fraction of sp³-hybridized carbons (Fsp3) is 0.643.